The lowest BCUT2D eigenvalue weighted by molar-refractivity contribution is -0.115. The van der Waals surface area contributed by atoms with Crippen molar-refractivity contribution in [1.82, 2.24) is 9.78 Å². The second kappa shape index (κ2) is 9.14. The molecule has 0 atom stereocenters. The van der Waals surface area contributed by atoms with Crippen molar-refractivity contribution in [1.29, 1.82) is 5.26 Å². The second-order valence-electron chi connectivity index (χ2n) is 7.27. The van der Waals surface area contributed by atoms with Crippen molar-refractivity contribution in [2.75, 3.05) is 5.32 Å². The zero-order chi connectivity index (χ0) is 22.5. The maximum Gasteiger partial charge on any atom is 0.274 e. The van der Waals surface area contributed by atoms with Gasteiger partial charge in [0.15, 0.2) is 0 Å². The first kappa shape index (κ1) is 20.8. The number of nitrogens with one attached hydrogen (secondary N) is 1. The number of nitriles is 1. The Morgan fingerprint density at radius 2 is 1.84 bits per heavy atom. The van der Waals surface area contributed by atoms with Gasteiger partial charge in [0.2, 0.25) is 5.91 Å². The molecule has 1 heterocycles. The highest BCUT2D eigenvalue weighted by Crippen LogP contribution is 2.20. The summed E-state index contributed by atoms with van der Waals surface area (Å²) < 4.78 is 7.06. The lowest BCUT2D eigenvalue weighted by Gasteiger charge is -2.11. The monoisotopic (exact) mass is 424 g/mol. The fraction of sp³-hybridized carbons (Fsp3) is 0.120. The maximum atomic E-state index is 12.7. The van der Waals surface area contributed by atoms with E-state index in [0.29, 0.717) is 40.1 Å². The van der Waals surface area contributed by atoms with Crippen molar-refractivity contribution in [2.45, 2.75) is 13.0 Å². The number of aryl methyl sites for hydroxylation is 1. The summed E-state index contributed by atoms with van der Waals surface area (Å²) in [5.74, 6) is 0.344. The number of fused-ring (bicyclic) bond motifs is 1. The molecule has 7 nitrogen and oxygen atoms in total. The summed E-state index contributed by atoms with van der Waals surface area (Å²) in [6, 6.07) is 23.5. The lowest BCUT2D eigenvalue weighted by Crippen LogP contribution is -2.24. The van der Waals surface area contributed by atoms with Gasteiger partial charge >= 0.3 is 0 Å². The molecule has 0 radical (unpaired) electrons. The number of hydrogen-bond donors (Lipinski definition) is 1. The molecule has 3 aromatic carbocycles. The average Bonchev–Trinajstić information content (AvgIpc) is 2.81. The van der Waals surface area contributed by atoms with E-state index in [1.165, 1.54) is 4.68 Å². The van der Waals surface area contributed by atoms with Gasteiger partial charge in [-0.25, -0.2) is 4.68 Å². The lowest BCUT2D eigenvalue weighted by atomic mass is 10.1. The summed E-state index contributed by atoms with van der Waals surface area (Å²) in [6.45, 7) is 0.306. The average molecular weight is 424 g/mol. The normalized spacial score (nSPS) is 10.5. The number of ether oxygens (including phenoxy) is 1. The molecule has 4 rings (SSSR count). The standard InChI is InChI=1S/C25H20N4O3/c1-29-25(31)22-11-3-2-10-21(22)23(28-29)14-24(30)27-19-8-5-9-20(13-19)32-16-18-7-4-6-17(12-18)15-26/h2-13H,14,16H2,1H3,(H,27,30). The van der Waals surface area contributed by atoms with Crippen LogP contribution >= 0.6 is 0 Å². The van der Waals surface area contributed by atoms with Crippen LogP contribution in [0, 0.1) is 11.3 Å². The second-order valence-corrected chi connectivity index (χ2v) is 7.27. The van der Waals surface area contributed by atoms with E-state index < -0.39 is 0 Å². The van der Waals surface area contributed by atoms with Gasteiger partial charge in [-0.2, -0.15) is 10.4 Å². The van der Waals surface area contributed by atoms with Crippen molar-refractivity contribution >= 4 is 22.4 Å². The Bertz CT molecular complexity index is 1400. The molecular weight excluding hydrogens is 404 g/mol. The van der Waals surface area contributed by atoms with Crippen LogP contribution in [0.1, 0.15) is 16.8 Å². The maximum absolute atomic E-state index is 12.7. The first-order valence-corrected chi connectivity index (χ1v) is 10.00. The Hall–Kier alpha value is -4.44. The van der Waals surface area contributed by atoms with Gasteiger partial charge in [-0.05, 0) is 35.9 Å². The molecule has 32 heavy (non-hydrogen) atoms. The molecular formula is C25H20N4O3. The summed E-state index contributed by atoms with van der Waals surface area (Å²) in [5.41, 5.74) is 2.38. The number of aromatic nitrogens is 2. The fourth-order valence-electron chi connectivity index (χ4n) is 3.42. The van der Waals surface area contributed by atoms with Gasteiger partial charge in [0, 0.05) is 24.2 Å². The molecule has 0 saturated heterocycles. The molecule has 0 spiro atoms. The molecule has 4 aromatic rings. The first-order valence-electron chi connectivity index (χ1n) is 10.00. The Morgan fingerprint density at radius 3 is 2.66 bits per heavy atom. The van der Waals surface area contributed by atoms with E-state index >= 15 is 0 Å². The Labute approximate surface area is 184 Å². The van der Waals surface area contributed by atoms with Gasteiger partial charge in [0.1, 0.15) is 12.4 Å². The van der Waals surface area contributed by atoms with Crippen LogP contribution in [0.25, 0.3) is 10.8 Å². The summed E-state index contributed by atoms with van der Waals surface area (Å²) in [6.07, 6.45) is 0.0284. The summed E-state index contributed by atoms with van der Waals surface area (Å²) in [7, 11) is 1.57. The van der Waals surface area contributed by atoms with Crippen LogP contribution in [0.5, 0.6) is 5.75 Å². The Balaban J connectivity index is 1.45. The molecule has 1 N–H and O–H groups in total. The third-order valence-electron chi connectivity index (χ3n) is 4.94. The number of hydrogen-bond acceptors (Lipinski definition) is 5. The highest BCUT2D eigenvalue weighted by Gasteiger charge is 2.13. The number of carbonyl (C=O) groups excluding carboxylic acids is 1. The van der Waals surface area contributed by atoms with Crippen molar-refractivity contribution in [3.63, 3.8) is 0 Å². The van der Waals surface area contributed by atoms with Crippen LogP contribution in [0.4, 0.5) is 5.69 Å². The molecule has 0 fully saturated rings. The SMILES string of the molecule is Cn1nc(CC(=O)Nc2cccc(OCc3cccc(C#N)c3)c2)c2ccccc2c1=O. The molecule has 0 saturated carbocycles. The van der Waals surface area contributed by atoms with E-state index in [9.17, 15) is 9.59 Å². The number of amides is 1. The number of carbonyl (C=O) groups is 1. The van der Waals surface area contributed by atoms with Crippen LogP contribution in [0.15, 0.2) is 77.6 Å². The summed E-state index contributed by atoms with van der Waals surface area (Å²) in [4.78, 5) is 24.9. The fourth-order valence-corrected chi connectivity index (χ4v) is 3.42. The minimum atomic E-state index is -0.250. The van der Waals surface area contributed by atoms with Gasteiger partial charge in [-0.15, -0.1) is 0 Å². The molecule has 0 aliphatic carbocycles. The molecule has 0 aliphatic rings. The van der Waals surface area contributed by atoms with Crippen molar-refractivity contribution in [3.05, 3.63) is 100.0 Å². The highest BCUT2D eigenvalue weighted by molar-refractivity contribution is 5.95. The smallest absolute Gasteiger partial charge is 0.274 e. The summed E-state index contributed by atoms with van der Waals surface area (Å²) >= 11 is 0. The molecule has 7 heteroatoms. The van der Waals surface area contributed by atoms with Crippen molar-refractivity contribution < 1.29 is 9.53 Å². The zero-order valence-electron chi connectivity index (χ0n) is 17.4. The molecule has 158 valence electrons. The molecule has 1 amide bonds. The highest BCUT2D eigenvalue weighted by atomic mass is 16.5. The number of rotatable bonds is 6. The third-order valence-corrected chi connectivity index (χ3v) is 4.94. The molecule has 0 unspecified atom stereocenters. The van der Waals surface area contributed by atoms with Gasteiger partial charge in [0.05, 0.1) is 29.1 Å². The van der Waals surface area contributed by atoms with Gasteiger partial charge < -0.3 is 10.1 Å². The topological polar surface area (TPSA) is 97.0 Å². The molecule has 0 bridgehead atoms. The van der Waals surface area contributed by atoms with Crippen molar-refractivity contribution in [3.8, 4) is 11.8 Å². The van der Waals surface area contributed by atoms with Crippen LogP contribution in [-0.4, -0.2) is 15.7 Å². The van der Waals surface area contributed by atoms with Crippen LogP contribution in [-0.2, 0) is 24.9 Å². The summed E-state index contributed by atoms with van der Waals surface area (Å²) in [5, 5.41) is 17.3. The number of nitrogens with zero attached hydrogens (tertiary/aromatic N) is 3. The van der Waals surface area contributed by atoms with E-state index in [0.717, 1.165) is 5.56 Å². The van der Waals surface area contributed by atoms with Crippen LogP contribution in [0.3, 0.4) is 0 Å². The van der Waals surface area contributed by atoms with E-state index in [1.54, 1.807) is 61.6 Å². The van der Waals surface area contributed by atoms with E-state index in [4.69, 9.17) is 10.00 Å². The largest absolute Gasteiger partial charge is 0.489 e. The Kier molecular flexibility index (Phi) is 5.95. The minimum Gasteiger partial charge on any atom is -0.489 e. The molecule has 1 aromatic heterocycles. The number of anilines is 1. The molecule has 0 aliphatic heterocycles. The quantitative estimate of drug-likeness (QED) is 0.510. The Morgan fingerprint density at radius 1 is 1.06 bits per heavy atom. The predicted octanol–water partition coefficient (Wildman–Crippen LogP) is 3.57. The van der Waals surface area contributed by atoms with E-state index in [-0.39, 0.29) is 17.9 Å². The first-order chi connectivity index (χ1) is 15.5. The minimum absolute atomic E-state index is 0.0284. The third kappa shape index (κ3) is 4.65. The van der Waals surface area contributed by atoms with Gasteiger partial charge in [-0.1, -0.05) is 36.4 Å². The van der Waals surface area contributed by atoms with E-state index in [2.05, 4.69) is 16.5 Å². The van der Waals surface area contributed by atoms with E-state index in [1.807, 2.05) is 18.2 Å². The predicted molar refractivity (Wildman–Crippen MR) is 121 cm³/mol. The van der Waals surface area contributed by atoms with Gasteiger partial charge in [-0.3, -0.25) is 9.59 Å². The number of benzene rings is 3. The van der Waals surface area contributed by atoms with Crippen LogP contribution < -0.4 is 15.6 Å². The zero-order valence-corrected chi connectivity index (χ0v) is 17.4. The van der Waals surface area contributed by atoms with Crippen molar-refractivity contribution in [2.24, 2.45) is 7.05 Å². The van der Waals surface area contributed by atoms with Crippen LogP contribution in [0.2, 0.25) is 0 Å². The van der Waals surface area contributed by atoms with Gasteiger partial charge in [0.25, 0.3) is 5.56 Å².